The molecule has 7 aromatic carbocycles. The van der Waals surface area contributed by atoms with Gasteiger partial charge in [-0.25, -0.2) is 0 Å². The van der Waals surface area contributed by atoms with Crippen molar-refractivity contribution in [2.75, 3.05) is 0 Å². The first-order chi connectivity index (χ1) is 32.4. The average molecular weight is 994 g/mol. The molecule has 0 radical (unpaired) electrons. The van der Waals surface area contributed by atoms with E-state index in [0.29, 0.717) is 60.7 Å². The molecule has 0 saturated heterocycles. The molecule has 0 aliphatic rings. The third-order valence-electron chi connectivity index (χ3n) is 11.7. The van der Waals surface area contributed by atoms with Gasteiger partial charge in [0.1, 0.15) is 0 Å². The van der Waals surface area contributed by atoms with Crippen LogP contribution in [0.5, 0.6) is 0 Å². The summed E-state index contributed by atoms with van der Waals surface area (Å²) < 4.78 is 256. The summed E-state index contributed by atoms with van der Waals surface area (Å²) in [7, 11) is 0. The number of rotatable bonds is 4. The van der Waals surface area contributed by atoms with Gasteiger partial charge >= 0.3 is 37.1 Å². The fourth-order valence-electron chi connectivity index (χ4n) is 8.53. The van der Waals surface area contributed by atoms with Crippen LogP contribution in [-0.4, -0.2) is 9.13 Å². The number of aromatic nitrogens is 2. The van der Waals surface area contributed by atoms with Crippen LogP contribution in [-0.2, 0) is 37.1 Å². The summed E-state index contributed by atoms with van der Waals surface area (Å²) in [6.45, 7) is 0. The van der Waals surface area contributed by atoms with E-state index in [-0.39, 0.29) is 72.5 Å². The highest BCUT2D eigenvalue weighted by molar-refractivity contribution is 6.11. The van der Waals surface area contributed by atoms with Gasteiger partial charge in [-0.05, 0) is 132 Å². The monoisotopic (exact) mass is 993 g/mol. The zero-order valence-electron chi connectivity index (χ0n) is 34.3. The SMILES string of the molecule is N#Cc1ccc(-n2c3ccc(C(F)(F)F)cc3c3cc(C(F)(F)F)ccc32)cc1-c1cc(-c2cc(C(F)(F)F)cc(C(F)(F)F)c2)ccc1-n1c2ccc(C(F)(F)F)cc2c2cc(C(F)(F)F)ccc21. The maximum absolute atomic E-state index is 14.1. The van der Waals surface area contributed by atoms with E-state index < -0.39 is 86.8 Å². The summed E-state index contributed by atoms with van der Waals surface area (Å²) in [6.07, 6.45) is -30.6. The number of hydrogen-bond donors (Lipinski definition) is 0. The number of hydrogen-bond acceptors (Lipinski definition) is 1. The van der Waals surface area contributed by atoms with Crippen LogP contribution in [0, 0.1) is 11.3 Å². The van der Waals surface area contributed by atoms with Crippen LogP contribution >= 0.6 is 0 Å². The van der Waals surface area contributed by atoms with Gasteiger partial charge in [0.15, 0.2) is 0 Å². The van der Waals surface area contributed by atoms with Crippen LogP contribution in [0.4, 0.5) is 79.0 Å². The standard InChI is InChI=1S/C49H21F18N3/c50-44(51,52)26-3-9-39-35(17-26)36-18-27(45(53,54)55)4-10-40(36)69(39)32-7-1-24(22-68)33(21-32)34-15-23(25-13-30(48(62,63)64)16-31(14-25)49(65,66)67)2-8-41(34)70-42-11-5-28(46(56,57)58)19-37(42)38-20-29(47(59,60)61)6-12-43(38)70/h1-21H. The van der Waals surface area contributed by atoms with Crippen LogP contribution in [0.15, 0.2) is 127 Å². The van der Waals surface area contributed by atoms with E-state index in [1.54, 1.807) is 0 Å². The largest absolute Gasteiger partial charge is 0.416 e. The Hall–Kier alpha value is -7.63. The van der Waals surface area contributed by atoms with E-state index in [1.807, 2.05) is 6.07 Å². The molecule has 0 aliphatic carbocycles. The number of alkyl halides is 18. The molecule has 9 rings (SSSR count). The lowest BCUT2D eigenvalue weighted by Gasteiger charge is -2.19. The quantitative estimate of drug-likeness (QED) is 0.162. The molecule has 9 aromatic rings. The van der Waals surface area contributed by atoms with Crippen molar-refractivity contribution in [3.8, 4) is 39.7 Å². The van der Waals surface area contributed by atoms with E-state index >= 15 is 0 Å². The predicted molar refractivity (Wildman–Crippen MR) is 221 cm³/mol. The molecular formula is C49H21F18N3. The van der Waals surface area contributed by atoms with Gasteiger partial charge in [0.05, 0.1) is 72.8 Å². The molecule has 0 saturated carbocycles. The fraction of sp³-hybridized carbons (Fsp3) is 0.122. The van der Waals surface area contributed by atoms with E-state index in [0.717, 1.165) is 53.1 Å². The van der Waals surface area contributed by atoms with Gasteiger partial charge in [0, 0.05) is 38.4 Å². The third-order valence-corrected chi connectivity index (χ3v) is 11.7. The molecular weight excluding hydrogens is 973 g/mol. The van der Waals surface area contributed by atoms with E-state index in [1.165, 1.54) is 16.7 Å². The molecule has 3 nitrogen and oxygen atoms in total. The van der Waals surface area contributed by atoms with Crippen molar-refractivity contribution in [3.05, 3.63) is 166 Å². The summed E-state index contributed by atoms with van der Waals surface area (Å²) in [5, 5.41) is 9.10. The number of fused-ring (bicyclic) bond motifs is 6. The molecule has 0 atom stereocenters. The van der Waals surface area contributed by atoms with Crippen LogP contribution in [0.2, 0.25) is 0 Å². The summed E-state index contributed by atoms with van der Waals surface area (Å²) in [4.78, 5) is 0. The molecule has 0 bridgehead atoms. The van der Waals surface area contributed by atoms with Crippen molar-refractivity contribution >= 4 is 43.6 Å². The van der Waals surface area contributed by atoms with Gasteiger partial charge in [0.25, 0.3) is 0 Å². The molecule has 0 spiro atoms. The minimum absolute atomic E-state index is 0.0878. The fourth-order valence-corrected chi connectivity index (χ4v) is 8.53. The molecule has 358 valence electrons. The highest BCUT2D eigenvalue weighted by Crippen LogP contribution is 2.46. The predicted octanol–water partition coefficient (Wildman–Crippen LogP) is 17.2. The van der Waals surface area contributed by atoms with Crippen molar-refractivity contribution in [1.29, 1.82) is 5.26 Å². The lowest BCUT2D eigenvalue weighted by atomic mass is 9.92. The Morgan fingerprint density at radius 1 is 0.314 bits per heavy atom. The Labute approximate surface area is 379 Å². The average Bonchev–Trinajstić information content (AvgIpc) is 3.78. The molecule has 2 heterocycles. The second kappa shape index (κ2) is 15.7. The van der Waals surface area contributed by atoms with Crippen molar-refractivity contribution in [2.24, 2.45) is 0 Å². The van der Waals surface area contributed by atoms with Crippen LogP contribution in [0.3, 0.4) is 0 Å². The number of nitrogens with zero attached hydrogens (tertiary/aromatic N) is 3. The highest BCUT2D eigenvalue weighted by Gasteiger charge is 2.39. The van der Waals surface area contributed by atoms with Crippen LogP contribution in [0.1, 0.15) is 38.9 Å². The topological polar surface area (TPSA) is 33.6 Å². The van der Waals surface area contributed by atoms with Gasteiger partial charge < -0.3 is 9.13 Å². The normalized spacial score (nSPS) is 13.3. The Balaban J connectivity index is 1.40. The third kappa shape index (κ3) is 8.27. The lowest BCUT2D eigenvalue weighted by molar-refractivity contribution is -0.143. The van der Waals surface area contributed by atoms with Gasteiger partial charge in [-0.3, -0.25) is 0 Å². The van der Waals surface area contributed by atoms with Crippen molar-refractivity contribution in [1.82, 2.24) is 9.13 Å². The number of nitriles is 1. The second-order valence-electron chi connectivity index (χ2n) is 16.0. The highest BCUT2D eigenvalue weighted by atomic mass is 19.4. The van der Waals surface area contributed by atoms with Crippen LogP contribution in [0.25, 0.3) is 77.2 Å². The minimum atomic E-state index is -5.33. The Kier molecular flexibility index (Phi) is 10.6. The molecule has 70 heavy (non-hydrogen) atoms. The summed E-state index contributed by atoms with van der Waals surface area (Å²) in [5.41, 5.74) is -11.4. The molecule has 0 unspecified atom stereocenters. The molecule has 0 fully saturated rings. The lowest BCUT2D eigenvalue weighted by Crippen LogP contribution is -2.11. The van der Waals surface area contributed by atoms with Gasteiger partial charge in [-0.1, -0.05) is 6.07 Å². The van der Waals surface area contributed by atoms with Crippen molar-refractivity contribution in [3.63, 3.8) is 0 Å². The van der Waals surface area contributed by atoms with Gasteiger partial charge in [0.2, 0.25) is 0 Å². The first-order valence-corrected chi connectivity index (χ1v) is 19.9. The Bertz CT molecular complexity index is 3470. The minimum Gasteiger partial charge on any atom is -0.309 e. The number of benzene rings is 7. The molecule has 0 N–H and O–H groups in total. The molecule has 0 aliphatic heterocycles. The first kappa shape index (κ1) is 47.4. The van der Waals surface area contributed by atoms with E-state index in [4.69, 9.17) is 0 Å². The summed E-state index contributed by atoms with van der Waals surface area (Å²) in [5.74, 6) is 0. The van der Waals surface area contributed by atoms with Crippen LogP contribution < -0.4 is 0 Å². The van der Waals surface area contributed by atoms with E-state index in [2.05, 4.69) is 0 Å². The zero-order valence-corrected chi connectivity index (χ0v) is 34.3. The first-order valence-electron chi connectivity index (χ1n) is 19.9. The van der Waals surface area contributed by atoms with Gasteiger partial charge in [-0.15, -0.1) is 0 Å². The maximum atomic E-state index is 14.1. The summed E-state index contributed by atoms with van der Waals surface area (Å²) in [6, 6.07) is 17.8. The molecule has 2 aromatic heterocycles. The summed E-state index contributed by atoms with van der Waals surface area (Å²) >= 11 is 0. The Morgan fingerprint density at radius 3 is 1.04 bits per heavy atom. The van der Waals surface area contributed by atoms with Crippen molar-refractivity contribution < 1.29 is 79.0 Å². The Morgan fingerprint density at radius 2 is 0.686 bits per heavy atom. The maximum Gasteiger partial charge on any atom is 0.416 e. The smallest absolute Gasteiger partial charge is 0.309 e. The second-order valence-corrected chi connectivity index (χ2v) is 16.0. The van der Waals surface area contributed by atoms with E-state index in [9.17, 15) is 84.3 Å². The zero-order chi connectivity index (χ0) is 50.8. The molecule has 0 amide bonds. The molecule has 21 heteroatoms. The van der Waals surface area contributed by atoms with Gasteiger partial charge in [-0.2, -0.15) is 84.3 Å². The number of halogens is 18. The van der Waals surface area contributed by atoms with Crippen molar-refractivity contribution in [2.45, 2.75) is 37.1 Å².